The van der Waals surface area contributed by atoms with Gasteiger partial charge in [-0.2, -0.15) is 4.98 Å². The van der Waals surface area contributed by atoms with Gasteiger partial charge in [0.2, 0.25) is 5.95 Å². The van der Waals surface area contributed by atoms with Gasteiger partial charge >= 0.3 is 0 Å². The molecule has 4 rings (SSSR count). The van der Waals surface area contributed by atoms with Gasteiger partial charge in [-0.05, 0) is 43.7 Å². The van der Waals surface area contributed by atoms with Gasteiger partial charge in [-0.15, -0.1) is 0 Å². The molecule has 0 saturated carbocycles. The average molecular weight is 308 g/mol. The smallest absolute Gasteiger partial charge is 0.232 e. The van der Waals surface area contributed by atoms with Crippen molar-refractivity contribution in [3.63, 3.8) is 0 Å². The summed E-state index contributed by atoms with van der Waals surface area (Å²) < 4.78 is 0. The van der Waals surface area contributed by atoms with Crippen LogP contribution in [0.25, 0.3) is 0 Å². The van der Waals surface area contributed by atoms with Crippen LogP contribution >= 0.6 is 0 Å². The van der Waals surface area contributed by atoms with E-state index in [0.29, 0.717) is 0 Å². The minimum absolute atomic E-state index is 0.833. The van der Waals surface area contributed by atoms with E-state index in [1.807, 2.05) is 0 Å². The summed E-state index contributed by atoms with van der Waals surface area (Å²) >= 11 is 0. The Bertz CT molecular complexity index is 704. The third kappa shape index (κ3) is 2.78. The second-order valence-corrected chi connectivity index (χ2v) is 6.87. The number of para-hydroxylation sites is 1. The molecule has 2 aliphatic heterocycles. The number of fused-ring (bicyclic) bond motifs is 1. The van der Waals surface area contributed by atoms with Crippen molar-refractivity contribution in [1.82, 2.24) is 9.97 Å². The van der Waals surface area contributed by atoms with Gasteiger partial charge in [0.05, 0.1) is 0 Å². The lowest BCUT2D eigenvalue weighted by Gasteiger charge is -2.32. The molecule has 23 heavy (non-hydrogen) atoms. The molecule has 1 fully saturated rings. The summed E-state index contributed by atoms with van der Waals surface area (Å²) in [6.07, 6.45) is 3.58. The van der Waals surface area contributed by atoms with Gasteiger partial charge < -0.3 is 9.80 Å². The molecule has 1 aromatic heterocycles. The van der Waals surface area contributed by atoms with Gasteiger partial charge in [0.15, 0.2) is 0 Å². The quantitative estimate of drug-likeness (QED) is 0.846. The van der Waals surface area contributed by atoms with Crippen molar-refractivity contribution in [1.29, 1.82) is 0 Å². The van der Waals surface area contributed by atoms with Gasteiger partial charge in [0, 0.05) is 37.1 Å². The lowest BCUT2D eigenvalue weighted by atomic mass is 9.99. The van der Waals surface area contributed by atoms with Crippen LogP contribution in [0.5, 0.6) is 0 Å². The summed E-state index contributed by atoms with van der Waals surface area (Å²) in [4.78, 5) is 14.3. The van der Waals surface area contributed by atoms with Gasteiger partial charge in [0.25, 0.3) is 0 Å². The number of nitrogens with zero attached hydrogens (tertiary/aromatic N) is 4. The minimum atomic E-state index is 0.833. The Labute approximate surface area is 138 Å². The molecule has 1 saturated heterocycles. The maximum Gasteiger partial charge on any atom is 0.232 e. The number of aromatic nitrogens is 2. The molecular formula is C19H24N4. The lowest BCUT2D eigenvalue weighted by molar-refractivity contribution is 0.436. The van der Waals surface area contributed by atoms with Gasteiger partial charge in [-0.1, -0.05) is 25.1 Å². The van der Waals surface area contributed by atoms with Crippen molar-refractivity contribution in [2.24, 2.45) is 5.92 Å². The van der Waals surface area contributed by atoms with E-state index in [1.54, 1.807) is 0 Å². The highest BCUT2D eigenvalue weighted by Crippen LogP contribution is 2.33. The first-order chi connectivity index (χ1) is 11.2. The molecule has 0 amide bonds. The molecule has 1 aromatic carbocycles. The minimum Gasteiger partial charge on any atom is -0.356 e. The average Bonchev–Trinajstić information content (AvgIpc) is 2.99. The second kappa shape index (κ2) is 5.84. The van der Waals surface area contributed by atoms with E-state index in [0.717, 1.165) is 49.4 Å². The standard InChI is InChI=1S/C19H24N4/c1-14-7-10-22(11-8-14)18-13-15(2)20-19(21-18)23-12-9-16-5-3-4-6-17(16)23/h3-6,13-14H,7-12H2,1-2H3. The van der Waals surface area contributed by atoms with Crippen LogP contribution in [-0.2, 0) is 6.42 Å². The number of piperidine rings is 1. The Morgan fingerprint density at radius 3 is 2.65 bits per heavy atom. The van der Waals surface area contributed by atoms with E-state index in [9.17, 15) is 0 Å². The van der Waals surface area contributed by atoms with Crippen molar-refractivity contribution in [3.05, 3.63) is 41.6 Å². The summed E-state index contributed by atoms with van der Waals surface area (Å²) in [5, 5.41) is 0. The predicted molar refractivity (Wildman–Crippen MR) is 94.5 cm³/mol. The molecular weight excluding hydrogens is 284 g/mol. The fraction of sp³-hybridized carbons (Fsp3) is 0.474. The van der Waals surface area contributed by atoms with Crippen molar-refractivity contribution < 1.29 is 0 Å². The Kier molecular flexibility index (Phi) is 3.68. The van der Waals surface area contributed by atoms with Crippen LogP contribution in [0, 0.1) is 12.8 Å². The van der Waals surface area contributed by atoms with Crippen molar-refractivity contribution in [2.45, 2.75) is 33.1 Å². The van der Waals surface area contributed by atoms with Crippen molar-refractivity contribution >= 4 is 17.5 Å². The second-order valence-electron chi connectivity index (χ2n) is 6.87. The molecule has 0 radical (unpaired) electrons. The summed E-state index contributed by atoms with van der Waals surface area (Å²) in [6, 6.07) is 10.7. The summed E-state index contributed by atoms with van der Waals surface area (Å²) in [7, 11) is 0. The molecule has 3 heterocycles. The number of hydrogen-bond acceptors (Lipinski definition) is 4. The molecule has 0 atom stereocenters. The monoisotopic (exact) mass is 308 g/mol. The van der Waals surface area contributed by atoms with Crippen LogP contribution in [0.15, 0.2) is 30.3 Å². The number of aryl methyl sites for hydroxylation is 1. The summed E-state index contributed by atoms with van der Waals surface area (Å²) in [6.45, 7) is 7.60. The van der Waals surface area contributed by atoms with Crippen LogP contribution in [0.1, 0.15) is 31.0 Å². The van der Waals surface area contributed by atoms with E-state index in [2.05, 4.69) is 54.0 Å². The number of anilines is 3. The normalized spacial score (nSPS) is 18.3. The van der Waals surface area contributed by atoms with Crippen LogP contribution in [0.2, 0.25) is 0 Å². The van der Waals surface area contributed by atoms with Crippen LogP contribution in [0.4, 0.5) is 17.5 Å². The number of hydrogen-bond donors (Lipinski definition) is 0. The molecule has 120 valence electrons. The van der Waals surface area contributed by atoms with Crippen molar-refractivity contribution in [3.8, 4) is 0 Å². The molecule has 0 bridgehead atoms. The molecule has 0 spiro atoms. The SMILES string of the molecule is Cc1cc(N2CCC(C)CC2)nc(N2CCc3ccccc32)n1. The molecule has 0 unspecified atom stereocenters. The van der Waals surface area contributed by atoms with Gasteiger partial charge in [-0.25, -0.2) is 4.98 Å². The van der Waals surface area contributed by atoms with E-state index in [-0.39, 0.29) is 0 Å². The first-order valence-corrected chi connectivity index (χ1v) is 8.67. The molecule has 0 N–H and O–H groups in total. The van der Waals surface area contributed by atoms with E-state index < -0.39 is 0 Å². The van der Waals surface area contributed by atoms with Crippen molar-refractivity contribution in [2.75, 3.05) is 29.4 Å². The Balaban J connectivity index is 1.65. The Morgan fingerprint density at radius 2 is 1.83 bits per heavy atom. The summed E-state index contributed by atoms with van der Waals surface area (Å²) in [5.41, 5.74) is 3.70. The van der Waals surface area contributed by atoms with Crippen LogP contribution < -0.4 is 9.80 Å². The Hall–Kier alpha value is -2.10. The molecule has 2 aliphatic rings. The third-order valence-corrected chi connectivity index (χ3v) is 5.07. The van der Waals surface area contributed by atoms with Gasteiger partial charge in [0.1, 0.15) is 5.82 Å². The number of benzene rings is 1. The predicted octanol–water partition coefficient (Wildman–Crippen LogP) is 3.72. The largest absolute Gasteiger partial charge is 0.356 e. The number of rotatable bonds is 2. The van der Waals surface area contributed by atoms with Gasteiger partial charge in [-0.3, -0.25) is 0 Å². The first kappa shape index (κ1) is 14.5. The maximum atomic E-state index is 4.90. The van der Waals surface area contributed by atoms with Crippen LogP contribution in [0.3, 0.4) is 0 Å². The molecule has 2 aromatic rings. The zero-order valence-corrected chi connectivity index (χ0v) is 14.0. The zero-order chi connectivity index (χ0) is 15.8. The highest BCUT2D eigenvalue weighted by Gasteiger charge is 2.24. The fourth-order valence-electron chi connectivity index (χ4n) is 3.60. The topological polar surface area (TPSA) is 32.3 Å². The molecule has 0 aliphatic carbocycles. The zero-order valence-electron chi connectivity index (χ0n) is 14.0. The summed E-state index contributed by atoms with van der Waals surface area (Å²) in [5.74, 6) is 2.77. The van der Waals surface area contributed by atoms with E-state index in [4.69, 9.17) is 9.97 Å². The molecule has 4 nitrogen and oxygen atoms in total. The highest BCUT2D eigenvalue weighted by atomic mass is 15.3. The molecule has 4 heteroatoms. The highest BCUT2D eigenvalue weighted by molar-refractivity contribution is 5.66. The lowest BCUT2D eigenvalue weighted by Crippen LogP contribution is -2.34. The van der Waals surface area contributed by atoms with Crippen LogP contribution in [-0.4, -0.2) is 29.6 Å². The maximum absolute atomic E-state index is 4.90. The van der Waals surface area contributed by atoms with E-state index in [1.165, 1.54) is 24.1 Å². The first-order valence-electron chi connectivity index (χ1n) is 8.67. The third-order valence-electron chi connectivity index (χ3n) is 5.07. The van der Waals surface area contributed by atoms with E-state index >= 15 is 0 Å². The fourth-order valence-corrected chi connectivity index (χ4v) is 3.60. The Morgan fingerprint density at radius 1 is 1.04 bits per heavy atom.